The van der Waals surface area contributed by atoms with Crippen molar-refractivity contribution in [2.75, 3.05) is 0 Å². The summed E-state index contributed by atoms with van der Waals surface area (Å²) in [5, 5.41) is 9.84. The number of benzene rings is 4. The van der Waals surface area contributed by atoms with E-state index in [0.29, 0.717) is 5.92 Å². The number of hydrogen-bond acceptors (Lipinski definition) is 1. The maximum absolute atomic E-state index is 2.47. The molecule has 2 heterocycles. The topological polar surface area (TPSA) is 3.88 Å². The molecule has 34 heavy (non-hydrogen) atoms. The third-order valence-electron chi connectivity index (χ3n) is 7.56. The van der Waals surface area contributed by atoms with E-state index in [1.807, 2.05) is 11.8 Å². The van der Waals surface area contributed by atoms with E-state index in [9.17, 15) is 0 Å². The van der Waals surface area contributed by atoms with Gasteiger partial charge >= 0.3 is 0 Å². The third kappa shape index (κ3) is 3.03. The van der Waals surface area contributed by atoms with Crippen LogP contribution in [0.4, 0.5) is 0 Å². The van der Waals surface area contributed by atoms with Crippen LogP contribution in [0.2, 0.25) is 19.6 Å². The first-order chi connectivity index (χ1) is 16.2. The Morgan fingerprint density at radius 3 is 2.29 bits per heavy atom. The molecule has 4 aromatic carbocycles. The van der Waals surface area contributed by atoms with Gasteiger partial charge in [-0.1, -0.05) is 92.9 Å². The molecule has 3 heteroatoms. The van der Waals surface area contributed by atoms with E-state index in [0.717, 1.165) is 0 Å². The van der Waals surface area contributed by atoms with Crippen molar-refractivity contribution in [1.29, 1.82) is 0 Å². The van der Waals surface area contributed by atoms with E-state index in [4.69, 9.17) is 0 Å². The van der Waals surface area contributed by atoms with Crippen molar-refractivity contribution in [3.8, 4) is 11.3 Å². The molecule has 0 unspecified atom stereocenters. The lowest BCUT2D eigenvalue weighted by molar-refractivity contribution is -0.659. The maximum Gasteiger partial charge on any atom is 0.222 e. The second-order valence-electron chi connectivity index (χ2n) is 11.2. The van der Waals surface area contributed by atoms with E-state index in [2.05, 4.69) is 113 Å². The van der Waals surface area contributed by atoms with Crippen LogP contribution in [0, 0.1) is 6.92 Å². The monoisotopic (exact) mass is 478 g/mol. The van der Waals surface area contributed by atoms with Gasteiger partial charge in [-0.15, -0.1) is 0 Å². The number of fused-ring (bicyclic) bond motifs is 5. The van der Waals surface area contributed by atoms with Crippen LogP contribution in [-0.2, 0) is 7.05 Å². The average molecular weight is 479 g/mol. The van der Waals surface area contributed by atoms with Gasteiger partial charge in [-0.05, 0) is 51.6 Å². The minimum atomic E-state index is -1.38. The second-order valence-corrected chi connectivity index (χ2v) is 17.3. The average Bonchev–Trinajstić information content (AvgIpc) is 2.79. The van der Waals surface area contributed by atoms with Crippen molar-refractivity contribution >= 4 is 57.3 Å². The summed E-state index contributed by atoms with van der Waals surface area (Å²) in [7, 11) is 0.827. The summed E-state index contributed by atoms with van der Waals surface area (Å²) in [5.41, 5.74) is 5.67. The van der Waals surface area contributed by atoms with E-state index >= 15 is 0 Å². The molecule has 0 bridgehead atoms. The zero-order valence-corrected chi connectivity index (χ0v) is 23.0. The minimum Gasteiger partial charge on any atom is -0.200 e. The Balaban J connectivity index is 1.79. The predicted molar refractivity (Wildman–Crippen MR) is 152 cm³/mol. The Kier molecular flexibility index (Phi) is 4.79. The number of rotatable bonds is 2. The van der Waals surface area contributed by atoms with Crippen LogP contribution >= 0.6 is 11.8 Å². The lowest BCUT2D eigenvalue weighted by Crippen LogP contribution is -2.37. The number of nitrogens with zero attached hydrogens (tertiary/aromatic N) is 1. The van der Waals surface area contributed by atoms with Gasteiger partial charge in [0.25, 0.3) is 0 Å². The highest BCUT2D eigenvalue weighted by Gasteiger charge is 2.33. The van der Waals surface area contributed by atoms with Crippen LogP contribution < -0.4 is 9.75 Å². The molecule has 0 atom stereocenters. The molecule has 1 nitrogen and oxygen atoms in total. The summed E-state index contributed by atoms with van der Waals surface area (Å²) >= 11 is 1.99. The highest BCUT2D eigenvalue weighted by atomic mass is 32.2. The predicted octanol–water partition coefficient (Wildman–Crippen LogP) is 8.08. The minimum absolute atomic E-state index is 0.455. The molecule has 0 radical (unpaired) electrons. The van der Waals surface area contributed by atoms with Crippen LogP contribution in [0.25, 0.3) is 43.6 Å². The molecular weight excluding hydrogens is 447 g/mol. The summed E-state index contributed by atoms with van der Waals surface area (Å²) in [5.74, 6) is 0.455. The van der Waals surface area contributed by atoms with E-state index in [-0.39, 0.29) is 0 Å². The number of pyridine rings is 1. The van der Waals surface area contributed by atoms with Gasteiger partial charge in [0.15, 0.2) is 6.20 Å². The Hall–Kier alpha value is -2.62. The molecule has 0 N–H and O–H groups in total. The van der Waals surface area contributed by atoms with Gasteiger partial charge in [0.05, 0.1) is 19.0 Å². The molecule has 0 spiro atoms. The van der Waals surface area contributed by atoms with Gasteiger partial charge in [0.1, 0.15) is 7.05 Å². The lowest BCUT2D eigenvalue weighted by atomic mass is 9.87. The summed E-state index contributed by atoms with van der Waals surface area (Å²) in [6.45, 7) is 14.3. The summed E-state index contributed by atoms with van der Waals surface area (Å²) in [6.07, 6.45) is 2.26. The lowest BCUT2D eigenvalue weighted by Gasteiger charge is -2.26. The van der Waals surface area contributed by atoms with E-state index in [1.165, 1.54) is 69.7 Å². The van der Waals surface area contributed by atoms with Crippen molar-refractivity contribution in [1.82, 2.24) is 0 Å². The Labute approximate surface area is 207 Å². The third-order valence-corrected chi connectivity index (χ3v) is 10.8. The zero-order chi connectivity index (χ0) is 23.9. The van der Waals surface area contributed by atoms with Crippen molar-refractivity contribution < 1.29 is 4.57 Å². The van der Waals surface area contributed by atoms with Crippen LogP contribution in [0.15, 0.2) is 70.6 Å². The van der Waals surface area contributed by atoms with Crippen molar-refractivity contribution in [3.05, 3.63) is 71.9 Å². The first-order valence-electron chi connectivity index (χ1n) is 12.3. The first kappa shape index (κ1) is 21.9. The molecule has 0 aliphatic carbocycles. The second kappa shape index (κ2) is 7.44. The standard InChI is InChI=1S/C31H32NSSi/c1-18(2)27-24-11-9-8-10-22(24)19(3)28-30-29-25(14-15-32(30)4)23-13-12-21(34(5,6)7)16-20(23)17-26(29)33-31(27)28/h8-18H,1-7H3/q+1. The molecular formula is C31H32NSSi+. The van der Waals surface area contributed by atoms with Crippen molar-refractivity contribution in [3.63, 3.8) is 0 Å². The Bertz CT molecular complexity index is 1660. The van der Waals surface area contributed by atoms with Gasteiger partial charge in [0, 0.05) is 21.2 Å². The zero-order valence-electron chi connectivity index (χ0n) is 21.2. The molecule has 1 aliphatic rings. The Morgan fingerprint density at radius 2 is 1.59 bits per heavy atom. The molecule has 1 aromatic heterocycles. The largest absolute Gasteiger partial charge is 0.222 e. The molecule has 5 aromatic rings. The summed E-state index contributed by atoms with van der Waals surface area (Å²) in [6, 6.07) is 21.0. The number of hydrogen-bond donors (Lipinski definition) is 0. The first-order valence-corrected chi connectivity index (χ1v) is 16.6. The van der Waals surface area contributed by atoms with Crippen LogP contribution in [-0.4, -0.2) is 8.07 Å². The van der Waals surface area contributed by atoms with Gasteiger partial charge < -0.3 is 0 Å². The summed E-state index contributed by atoms with van der Waals surface area (Å²) < 4.78 is 2.35. The quantitative estimate of drug-likeness (QED) is 0.138. The molecule has 0 saturated carbocycles. The van der Waals surface area contributed by atoms with Gasteiger partial charge in [-0.2, -0.15) is 0 Å². The fourth-order valence-electron chi connectivity index (χ4n) is 5.79. The van der Waals surface area contributed by atoms with Gasteiger partial charge in [-0.25, -0.2) is 4.57 Å². The van der Waals surface area contributed by atoms with Crippen LogP contribution in [0.3, 0.4) is 0 Å². The molecule has 0 amide bonds. The highest BCUT2D eigenvalue weighted by molar-refractivity contribution is 8.00. The fraction of sp³-hybridized carbons (Fsp3) is 0.258. The van der Waals surface area contributed by atoms with Crippen molar-refractivity contribution in [2.24, 2.45) is 7.05 Å². The highest BCUT2D eigenvalue weighted by Crippen LogP contribution is 2.53. The summed E-state index contributed by atoms with van der Waals surface area (Å²) in [4.78, 5) is 2.84. The smallest absolute Gasteiger partial charge is 0.200 e. The molecule has 1 aliphatic heterocycles. The number of aromatic nitrogens is 1. The maximum atomic E-state index is 2.47. The van der Waals surface area contributed by atoms with Gasteiger partial charge in [0.2, 0.25) is 5.69 Å². The molecule has 0 fully saturated rings. The van der Waals surface area contributed by atoms with Gasteiger partial charge in [-0.3, -0.25) is 0 Å². The Morgan fingerprint density at radius 1 is 0.853 bits per heavy atom. The molecule has 6 rings (SSSR count). The van der Waals surface area contributed by atoms with Crippen LogP contribution in [0.1, 0.15) is 30.9 Å². The van der Waals surface area contributed by atoms with Crippen LogP contribution in [0.5, 0.6) is 0 Å². The molecule has 0 saturated heterocycles. The number of aryl methyl sites for hydroxylation is 2. The SMILES string of the molecule is Cc1c2c(c(C(C)C)c3ccccc13)Sc1cc3cc([Si](C)(C)C)ccc3c3cc[n+](C)c-2c13. The van der Waals surface area contributed by atoms with E-state index in [1.54, 1.807) is 0 Å². The normalized spacial score (nSPS) is 13.3. The fourth-order valence-corrected chi connectivity index (χ4v) is 8.49. The molecule has 170 valence electrons. The van der Waals surface area contributed by atoms with E-state index < -0.39 is 8.07 Å². The van der Waals surface area contributed by atoms with Crippen molar-refractivity contribution in [2.45, 2.75) is 56.1 Å².